The summed E-state index contributed by atoms with van der Waals surface area (Å²) in [6, 6.07) is 8.13. The van der Waals surface area contributed by atoms with Crippen molar-refractivity contribution < 1.29 is 52.7 Å². The molecule has 30 heteroatoms. The van der Waals surface area contributed by atoms with Gasteiger partial charge in [-0.1, -0.05) is 42.6 Å². The molecule has 6 aromatic heterocycles. The molecule has 2 saturated carbocycles. The van der Waals surface area contributed by atoms with Gasteiger partial charge in [0.05, 0.1) is 52.6 Å². The third kappa shape index (κ3) is 10.8. The summed E-state index contributed by atoms with van der Waals surface area (Å²) in [5, 5.41) is 0.386. The van der Waals surface area contributed by atoms with Crippen molar-refractivity contribution in [2.75, 3.05) is 18.2 Å². The van der Waals surface area contributed by atoms with Crippen molar-refractivity contribution in [1.82, 2.24) is 39.9 Å². The van der Waals surface area contributed by atoms with Crippen LogP contribution in [0.3, 0.4) is 0 Å². The number of benzene rings is 2. The van der Waals surface area contributed by atoms with Gasteiger partial charge in [-0.15, -0.1) is 0 Å². The Kier molecular flexibility index (Phi) is 15.3. The predicted octanol–water partition coefficient (Wildman–Crippen LogP) is 7.96. The van der Waals surface area contributed by atoms with Gasteiger partial charge in [0.1, 0.15) is 31.7 Å². The normalized spacial score (nSPS) is 23.6. The average molecular weight is 1200 g/mol. The number of sulfone groups is 2. The summed E-state index contributed by atoms with van der Waals surface area (Å²) in [6.45, 7) is 3.44. The first kappa shape index (κ1) is 57.5. The van der Waals surface area contributed by atoms with Crippen molar-refractivity contribution in [3.8, 4) is 11.8 Å². The largest absolute Gasteiger partial charge is 0.467 e. The molecule has 4 aliphatic rings. The molecule has 2 fully saturated rings. The highest BCUT2D eigenvalue weighted by Crippen LogP contribution is 2.69. The zero-order valence-corrected chi connectivity index (χ0v) is 45.8. The Bertz CT molecular complexity index is 4010. The summed E-state index contributed by atoms with van der Waals surface area (Å²) in [5.74, 6) is -3.87. The molecular weight excluding hydrogens is 1150 g/mol. The molecule has 2 aliphatic heterocycles. The number of nitrogen functional groups attached to an aromatic ring is 1. The van der Waals surface area contributed by atoms with Gasteiger partial charge >= 0.3 is 0 Å². The van der Waals surface area contributed by atoms with E-state index < -0.39 is 74.0 Å². The van der Waals surface area contributed by atoms with Gasteiger partial charge in [0, 0.05) is 60.0 Å². The van der Waals surface area contributed by atoms with E-state index >= 15 is 4.39 Å². The van der Waals surface area contributed by atoms with Gasteiger partial charge in [-0.25, -0.2) is 69.3 Å². The molecule has 21 nitrogen and oxygen atoms in total. The van der Waals surface area contributed by atoms with Crippen LogP contribution in [0.1, 0.15) is 68.3 Å². The van der Waals surface area contributed by atoms with Crippen LogP contribution in [-0.4, -0.2) is 87.7 Å². The van der Waals surface area contributed by atoms with Crippen LogP contribution in [0.4, 0.5) is 23.2 Å². The summed E-state index contributed by atoms with van der Waals surface area (Å²) in [6.07, 6.45) is 14.9. The predicted molar refractivity (Wildman–Crippen MR) is 293 cm³/mol. The third-order valence-electron chi connectivity index (χ3n) is 13.7. The lowest BCUT2D eigenvalue weighted by atomic mass is 9.85. The van der Waals surface area contributed by atoms with Gasteiger partial charge in [-0.3, -0.25) is 15.0 Å². The van der Waals surface area contributed by atoms with Crippen LogP contribution < -0.4 is 26.7 Å². The summed E-state index contributed by atoms with van der Waals surface area (Å²) >= 11 is 7.83. The molecule has 8 aromatic rings. The first-order valence-electron chi connectivity index (χ1n) is 23.5. The third-order valence-corrected chi connectivity index (χ3v) is 21.9. The van der Waals surface area contributed by atoms with Crippen molar-refractivity contribution in [3.05, 3.63) is 149 Å². The van der Waals surface area contributed by atoms with Crippen molar-refractivity contribution >= 4 is 92.9 Å². The lowest BCUT2D eigenvalue weighted by Crippen LogP contribution is -2.39. The number of aromatic nitrogens is 8. The van der Waals surface area contributed by atoms with Crippen LogP contribution in [0.25, 0.3) is 22.1 Å². The van der Waals surface area contributed by atoms with E-state index in [0.29, 0.717) is 56.1 Å². The zero-order valence-electron chi connectivity index (χ0n) is 41.8. The molecule has 8 heterocycles. The van der Waals surface area contributed by atoms with Crippen LogP contribution in [0.15, 0.2) is 105 Å². The van der Waals surface area contributed by atoms with Gasteiger partial charge in [0.25, 0.3) is 0 Å². The smallest absolute Gasteiger partial charge is 0.233 e. The maximum absolute atomic E-state index is 15.3. The van der Waals surface area contributed by atoms with E-state index in [2.05, 4.69) is 49.9 Å². The van der Waals surface area contributed by atoms with Gasteiger partial charge in [-0.05, 0) is 68.7 Å². The van der Waals surface area contributed by atoms with E-state index in [0.717, 1.165) is 48.2 Å². The Morgan fingerprint density at radius 3 is 1.64 bits per heavy atom. The summed E-state index contributed by atoms with van der Waals surface area (Å²) in [4.78, 5) is 42.2. The minimum atomic E-state index is -3.55. The molecule has 6 N–H and O–H groups in total. The van der Waals surface area contributed by atoms with Crippen LogP contribution in [0.2, 0.25) is 5.15 Å². The number of pyridine rings is 2. The van der Waals surface area contributed by atoms with Crippen LogP contribution in [-0.2, 0) is 50.4 Å². The molecule has 2 aromatic carbocycles. The van der Waals surface area contributed by atoms with Gasteiger partial charge in [-0.2, -0.15) is 0 Å². The summed E-state index contributed by atoms with van der Waals surface area (Å²) in [5.41, 5.74) is 17.7. The second-order valence-electron chi connectivity index (χ2n) is 19.0. The standard InChI is InChI=1S/C25H22F2N6O4S2.C13H15F2N3O2S2.C11H7ClN4O2.CH4/c1-24(18-10-25(18,39(2,34)35)38-23(28)33-24)14-7-13(8-15(26)21(14)27)9-17-22-16(3-4-29-17)32-19(11-31-22)37-12-20-30-5-6-36-20;1-12(7-3-6(16)4-8(14)10(7)15)9-5-13(9,22(2,19)20)21-11(17)18-12;12-11-10-7(1-2-14-11)16-8(5-15-10)18-6-9-13-3-4-17-9;/h3-8,11,18H,9-10,12H2,1-2H3,(H2,28,33);3-4,9H,5,16H2,1-2H3,(H2,17,18);1-5H,6H2;1H4/t18-,24+,25+;9-,12+,13+;;/m00../s1. The van der Waals surface area contributed by atoms with Gasteiger partial charge < -0.3 is 35.5 Å². The lowest BCUT2D eigenvalue weighted by Gasteiger charge is -2.33. The van der Waals surface area contributed by atoms with Gasteiger partial charge in [0.2, 0.25) is 23.5 Å². The average Bonchev–Trinajstić information content (AvgIpc) is 4.32. The van der Waals surface area contributed by atoms with Crippen molar-refractivity contribution in [2.45, 2.75) is 73.0 Å². The minimum absolute atomic E-state index is 0. The number of hydrogen-bond acceptors (Lipinski definition) is 23. The number of fused-ring (bicyclic) bond motifs is 4. The van der Waals surface area contributed by atoms with E-state index in [1.54, 1.807) is 44.6 Å². The molecule has 0 bridgehead atoms. The van der Waals surface area contributed by atoms with E-state index in [1.807, 2.05) is 0 Å². The molecule has 0 saturated heterocycles. The molecule has 80 heavy (non-hydrogen) atoms. The number of ether oxygens (including phenoxy) is 2. The van der Waals surface area contributed by atoms with Crippen LogP contribution in [0, 0.1) is 35.1 Å². The van der Waals surface area contributed by atoms with E-state index in [9.17, 15) is 30.0 Å². The number of rotatable bonds is 12. The second kappa shape index (κ2) is 21.4. The molecule has 2 aliphatic carbocycles. The number of amidine groups is 2. The number of anilines is 1. The quantitative estimate of drug-likeness (QED) is 0.0593. The number of nitrogens with two attached hydrogens (primary N) is 3. The number of aliphatic imine (C=N–C) groups is 2. The Hall–Kier alpha value is -7.21. The number of oxazole rings is 2. The molecule has 0 radical (unpaired) electrons. The molecule has 6 atom stereocenters. The Morgan fingerprint density at radius 2 is 1.14 bits per heavy atom. The Morgan fingerprint density at radius 1 is 0.662 bits per heavy atom. The van der Waals surface area contributed by atoms with E-state index in [4.69, 9.17) is 47.1 Å². The topological polar surface area (TPSA) is 319 Å². The maximum Gasteiger partial charge on any atom is 0.233 e. The highest BCUT2D eigenvalue weighted by molar-refractivity contribution is 8.24. The second-order valence-corrected chi connectivity index (χ2v) is 27.1. The molecular formula is C50H48ClF4N13O8S4. The van der Waals surface area contributed by atoms with E-state index in [-0.39, 0.29) is 72.9 Å². The Balaban J connectivity index is 0.000000159. The van der Waals surface area contributed by atoms with Crippen molar-refractivity contribution in [1.29, 1.82) is 0 Å². The molecule has 0 amide bonds. The summed E-state index contributed by atoms with van der Waals surface area (Å²) < 4.78 is 126. The Labute approximate surface area is 467 Å². The first-order valence-corrected chi connectivity index (χ1v) is 29.2. The molecule has 0 spiro atoms. The van der Waals surface area contributed by atoms with Gasteiger partial charge in [0.15, 0.2) is 71.6 Å². The zero-order chi connectivity index (χ0) is 56.5. The highest BCUT2D eigenvalue weighted by Gasteiger charge is 2.73. The monoisotopic (exact) mass is 1200 g/mol. The summed E-state index contributed by atoms with van der Waals surface area (Å²) in [7, 11) is -6.99. The van der Waals surface area contributed by atoms with Crippen molar-refractivity contribution in [2.24, 2.45) is 33.3 Å². The molecule has 420 valence electrons. The lowest BCUT2D eigenvalue weighted by molar-refractivity contribution is 0.253. The number of thioether (sulfide) groups is 2. The molecule has 0 unspecified atom stereocenters. The SMILES string of the molecule is C.C[C@]1(c2cc(Cc3nccc4nc(OCc5ncco5)cnc34)cc(F)c2F)N=C(N)S[C@@]2(S(C)(=O)=O)C[C@H]21.C[C@]1(c2cc(N)cc(F)c2F)N=C(N)S[C@@]2(S(C)(=O)=O)C[C@H]21.Clc1nccc2nc(OCc3ncco3)cnc12. The maximum atomic E-state index is 15.3. The van der Waals surface area contributed by atoms with Crippen molar-refractivity contribution in [3.63, 3.8) is 0 Å². The number of hydrogen-bond donors (Lipinski definition) is 3. The molecule has 12 rings (SSSR count). The van der Waals surface area contributed by atoms with Crippen LogP contribution >= 0.6 is 35.1 Å². The van der Waals surface area contributed by atoms with E-state index in [1.165, 1.54) is 43.2 Å². The fourth-order valence-corrected chi connectivity index (χ4v) is 16.5. The number of nitrogens with zero attached hydrogens (tertiary/aromatic N) is 10. The first-order chi connectivity index (χ1) is 37.3. The fourth-order valence-electron chi connectivity index (χ4n) is 9.77. The fraction of sp³-hybridized carbons (Fsp3) is 0.320. The minimum Gasteiger partial charge on any atom is -0.467 e. The number of halogens is 5. The highest BCUT2D eigenvalue weighted by atomic mass is 35.5. The van der Waals surface area contributed by atoms with Crippen LogP contribution in [0.5, 0.6) is 11.8 Å².